The van der Waals surface area contributed by atoms with Crippen molar-refractivity contribution >= 4 is 26.7 Å². The van der Waals surface area contributed by atoms with E-state index in [-0.39, 0.29) is 5.41 Å². The summed E-state index contributed by atoms with van der Waals surface area (Å²) in [6.07, 6.45) is 0. The van der Waals surface area contributed by atoms with Crippen LogP contribution in [0.25, 0.3) is 10.2 Å². The monoisotopic (exact) mass is 220 g/mol. The standard InChI is InChI=1S/C12H16N2S/c1-7-5-6-8(12(2,3)4)9-10(7)15-11(13)14-9/h5-6H,1-4H3,(H2,13,14). The summed E-state index contributed by atoms with van der Waals surface area (Å²) in [4.78, 5) is 4.44. The molecule has 0 radical (unpaired) electrons. The van der Waals surface area contributed by atoms with Crippen molar-refractivity contribution < 1.29 is 0 Å². The van der Waals surface area contributed by atoms with E-state index in [0.717, 1.165) is 5.52 Å². The van der Waals surface area contributed by atoms with Gasteiger partial charge >= 0.3 is 0 Å². The summed E-state index contributed by atoms with van der Waals surface area (Å²) in [6, 6.07) is 4.32. The van der Waals surface area contributed by atoms with Gasteiger partial charge in [-0.05, 0) is 23.5 Å². The normalized spacial score (nSPS) is 12.3. The number of rotatable bonds is 0. The molecule has 80 valence electrons. The molecular weight excluding hydrogens is 204 g/mol. The van der Waals surface area contributed by atoms with Crippen LogP contribution < -0.4 is 5.73 Å². The molecule has 0 saturated heterocycles. The third kappa shape index (κ3) is 1.72. The summed E-state index contributed by atoms with van der Waals surface area (Å²) >= 11 is 1.58. The highest BCUT2D eigenvalue weighted by Crippen LogP contribution is 2.35. The maximum absolute atomic E-state index is 5.78. The number of benzene rings is 1. The van der Waals surface area contributed by atoms with E-state index in [1.54, 1.807) is 11.3 Å². The molecule has 0 aliphatic heterocycles. The van der Waals surface area contributed by atoms with Crippen molar-refractivity contribution in [2.75, 3.05) is 5.73 Å². The molecule has 0 aliphatic rings. The quantitative estimate of drug-likeness (QED) is 0.738. The highest BCUT2D eigenvalue weighted by atomic mass is 32.1. The molecule has 0 saturated carbocycles. The number of nitrogens with zero attached hydrogens (tertiary/aromatic N) is 1. The second kappa shape index (κ2) is 3.20. The summed E-state index contributed by atoms with van der Waals surface area (Å²) in [5.41, 5.74) is 9.50. The third-order valence-corrected chi connectivity index (χ3v) is 3.58. The largest absolute Gasteiger partial charge is 0.375 e. The highest BCUT2D eigenvalue weighted by molar-refractivity contribution is 7.22. The Kier molecular flexibility index (Phi) is 2.23. The number of hydrogen-bond donors (Lipinski definition) is 1. The van der Waals surface area contributed by atoms with Gasteiger partial charge in [-0.2, -0.15) is 0 Å². The molecule has 0 atom stereocenters. The third-order valence-electron chi connectivity index (χ3n) is 2.56. The number of nitrogens with two attached hydrogens (primary N) is 1. The molecule has 15 heavy (non-hydrogen) atoms. The summed E-state index contributed by atoms with van der Waals surface area (Å²) in [6.45, 7) is 8.71. The van der Waals surface area contributed by atoms with Crippen LogP contribution in [-0.2, 0) is 5.41 Å². The zero-order valence-corrected chi connectivity index (χ0v) is 10.4. The first kappa shape index (κ1) is 10.4. The first-order chi connectivity index (χ1) is 6.89. The Labute approximate surface area is 94.1 Å². The van der Waals surface area contributed by atoms with Crippen LogP contribution in [0.2, 0.25) is 0 Å². The van der Waals surface area contributed by atoms with Crippen LogP contribution in [-0.4, -0.2) is 4.98 Å². The van der Waals surface area contributed by atoms with E-state index in [1.807, 2.05) is 0 Å². The number of thiazole rings is 1. The van der Waals surface area contributed by atoms with Gasteiger partial charge in [-0.25, -0.2) is 4.98 Å². The van der Waals surface area contributed by atoms with Gasteiger partial charge in [0.15, 0.2) is 5.13 Å². The van der Waals surface area contributed by atoms with Crippen LogP contribution in [0.4, 0.5) is 5.13 Å². The van der Waals surface area contributed by atoms with Crippen LogP contribution in [0, 0.1) is 6.92 Å². The molecular formula is C12H16N2S. The first-order valence-electron chi connectivity index (χ1n) is 5.05. The van der Waals surface area contributed by atoms with E-state index in [4.69, 9.17) is 5.73 Å². The molecule has 0 fully saturated rings. The van der Waals surface area contributed by atoms with Gasteiger partial charge in [0.05, 0.1) is 10.2 Å². The summed E-state index contributed by atoms with van der Waals surface area (Å²) in [7, 11) is 0. The van der Waals surface area contributed by atoms with Crippen molar-refractivity contribution in [1.29, 1.82) is 0 Å². The van der Waals surface area contributed by atoms with Gasteiger partial charge in [0.1, 0.15) is 0 Å². The van der Waals surface area contributed by atoms with Crippen molar-refractivity contribution in [3.05, 3.63) is 23.3 Å². The van der Waals surface area contributed by atoms with Crippen LogP contribution in [0.5, 0.6) is 0 Å². The van der Waals surface area contributed by atoms with Gasteiger partial charge in [-0.15, -0.1) is 0 Å². The molecule has 2 N–H and O–H groups in total. The average Bonchev–Trinajstić information content (AvgIpc) is 2.45. The summed E-state index contributed by atoms with van der Waals surface area (Å²) in [5, 5.41) is 0.657. The number of hydrogen-bond acceptors (Lipinski definition) is 3. The predicted octanol–water partition coefficient (Wildman–Crippen LogP) is 3.48. The number of fused-ring (bicyclic) bond motifs is 1. The van der Waals surface area contributed by atoms with Crippen molar-refractivity contribution in [2.24, 2.45) is 0 Å². The van der Waals surface area contributed by atoms with E-state index in [9.17, 15) is 0 Å². The van der Waals surface area contributed by atoms with Crippen LogP contribution in [0.3, 0.4) is 0 Å². The zero-order chi connectivity index (χ0) is 11.2. The van der Waals surface area contributed by atoms with Crippen LogP contribution >= 0.6 is 11.3 Å². The lowest BCUT2D eigenvalue weighted by atomic mass is 9.86. The maximum Gasteiger partial charge on any atom is 0.181 e. The summed E-state index contributed by atoms with van der Waals surface area (Å²) in [5.74, 6) is 0. The highest BCUT2D eigenvalue weighted by Gasteiger charge is 2.19. The van der Waals surface area contributed by atoms with Crippen molar-refractivity contribution in [2.45, 2.75) is 33.1 Å². The molecule has 3 heteroatoms. The Morgan fingerprint density at radius 1 is 1.27 bits per heavy atom. The average molecular weight is 220 g/mol. The van der Waals surface area contributed by atoms with Gasteiger partial charge in [0.25, 0.3) is 0 Å². The number of nitrogen functional groups attached to an aromatic ring is 1. The van der Waals surface area contributed by atoms with E-state index < -0.39 is 0 Å². The molecule has 0 bridgehead atoms. The zero-order valence-electron chi connectivity index (χ0n) is 9.59. The molecule has 1 aromatic carbocycles. The Hall–Kier alpha value is -1.09. The molecule has 2 rings (SSSR count). The van der Waals surface area contributed by atoms with Gasteiger partial charge in [0.2, 0.25) is 0 Å². The SMILES string of the molecule is Cc1ccc(C(C)(C)C)c2nc(N)sc12. The van der Waals surface area contributed by atoms with Gasteiger partial charge in [-0.3, -0.25) is 0 Å². The molecule has 2 aromatic rings. The Balaban J connectivity index is 2.83. The molecule has 0 spiro atoms. The van der Waals surface area contributed by atoms with Crippen LogP contribution in [0.15, 0.2) is 12.1 Å². The number of aryl methyl sites for hydroxylation is 1. The lowest BCUT2D eigenvalue weighted by Crippen LogP contribution is -2.11. The fourth-order valence-corrected chi connectivity index (χ4v) is 2.58. The van der Waals surface area contributed by atoms with Crippen LogP contribution in [0.1, 0.15) is 31.9 Å². The first-order valence-corrected chi connectivity index (χ1v) is 5.87. The fourth-order valence-electron chi connectivity index (χ4n) is 1.75. The smallest absolute Gasteiger partial charge is 0.181 e. The minimum Gasteiger partial charge on any atom is -0.375 e. The second-order valence-electron chi connectivity index (χ2n) is 4.91. The number of anilines is 1. The minimum atomic E-state index is 0.118. The van der Waals surface area contributed by atoms with E-state index in [2.05, 4.69) is 44.8 Å². The van der Waals surface area contributed by atoms with Crippen molar-refractivity contribution in [3.8, 4) is 0 Å². The van der Waals surface area contributed by atoms with Crippen molar-refractivity contribution in [3.63, 3.8) is 0 Å². The lowest BCUT2D eigenvalue weighted by Gasteiger charge is -2.19. The van der Waals surface area contributed by atoms with Gasteiger partial charge in [-0.1, -0.05) is 44.2 Å². The predicted molar refractivity (Wildman–Crippen MR) is 67.5 cm³/mol. The molecule has 2 nitrogen and oxygen atoms in total. The molecule has 1 aromatic heterocycles. The van der Waals surface area contributed by atoms with Gasteiger partial charge < -0.3 is 5.73 Å². The maximum atomic E-state index is 5.78. The topological polar surface area (TPSA) is 38.9 Å². The lowest BCUT2D eigenvalue weighted by molar-refractivity contribution is 0.595. The second-order valence-corrected chi connectivity index (χ2v) is 5.94. The molecule has 1 heterocycles. The fraction of sp³-hybridized carbons (Fsp3) is 0.417. The van der Waals surface area contributed by atoms with Crippen molar-refractivity contribution in [1.82, 2.24) is 4.98 Å². The molecule has 0 unspecified atom stereocenters. The van der Waals surface area contributed by atoms with E-state index in [1.165, 1.54) is 15.8 Å². The minimum absolute atomic E-state index is 0.118. The molecule has 0 aliphatic carbocycles. The molecule has 0 amide bonds. The van der Waals surface area contributed by atoms with E-state index >= 15 is 0 Å². The Morgan fingerprint density at radius 3 is 2.53 bits per heavy atom. The van der Waals surface area contributed by atoms with Gasteiger partial charge in [0, 0.05) is 0 Å². The Morgan fingerprint density at radius 2 is 1.93 bits per heavy atom. The summed E-state index contributed by atoms with van der Waals surface area (Å²) < 4.78 is 1.22. The Bertz CT molecular complexity index is 506. The number of aromatic nitrogens is 1. The van der Waals surface area contributed by atoms with E-state index in [0.29, 0.717) is 5.13 Å².